The second-order valence-corrected chi connectivity index (χ2v) is 5.48. The van der Waals surface area contributed by atoms with Gasteiger partial charge in [0.25, 0.3) is 0 Å². The van der Waals surface area contributed by atoms with Gasteiger partial charge in [-0.15, -0.1) is 0 Å². The van der Waals surface area contributed by atoms with Gasteiger partial charge in [0.1, 0.15) is 0 Å². The predicted octanol–water partition coefficient (Wildman–Crippen LogP) is 2.53. The third-order valence-electron chi connectivity index (χ3n) is 2.17. The molecule has 0 aliphatic rings. The van der Waals surface area contributed by atoms with E-state index in [-0.39, 0.29) is 5.91 Å². The molecule has 0 bridgehead atoms. The van der Waals surface area contributed by atoms with E-state index in [4.69, 9.17) is 0 Å². The van der Waals surface area contributed by atoms with Crippen LogP contribution in [-0.2, 0) is 10.5 Å². The Hall–Kier alpha value is -1.01. The molecule has 0 fully saturated rings. The van der Waals surface area contributed by atoms with Crippen molar-refractivity contribution in [1.82, 2.24) is 10.6 Å². The summed E-state index contributed by atoms with van der Waals surface area (Å²) in [6, 6.07) is 7.53. The number of thioether (sulfide) groups is 1. The van der Waals surface area contributed by atoms with Crippen molar-refractivity contribution in [1.29, 1.82) is 0 Å². The molecular formula is C12H15BrN2O2S. The van der Waals surface area contributed by atoms with Crippen LogP contribution in [0, 0.1) is 0 Å². The topological polar surface area (TPSA) is 58.2 Å². The molecule has 0 aliphatic heterocycles. The summed E-state index contributed by atoms with van der Waals surface area (Å²) in [5.41, 5.74) is 1.20. The van der Waals surface area contributed by atoms with Gasteiger partial charge < -0.3 is 5.32 Å². The maximum Gasteiger partial charge on any atom is 0.321 e. The molecule has 4 nitrogen and oxygen atoms in total. The molecule has 18 heavy (non-hydrogen) atoms. The molecule has 0 aromatic heterocycles. The number of imide groups is 1. The van der Waals surface area contributed by atoms with Crippen molar-refractivity contribution in [2.24, 2.45) is 0 Å². The van der Waals surface area contributed by atoms with Gasteiger partial charge in [0.05, 0.1) is 0 Å². The zero-order valence-corrected chi connectivity index (χ0v) is 12.4. The lowest BCUT2D eigenvalue weighted by molar-refractivity contribution is -0.119. The maximum absolute atomic E-state index is 11.3. The van der Waals surface area contributed by atoms with Crippen molar-refractivity contribution in [3.8, 4) is 0 Å². The Balaban J connectivity index is 2.21. The summed E-state index contributed by atoms with van der Waals surface area (Å²) in [6.45, 7) is 0. The van der Waals surface area contributed by atoms with Crippen LogP contribution < -0.4 is 10.6 Å². The van der Waals surface area contributed by atoms with E-state index < -0.39 is 6.03 Å². The average molecular weight is 331 g/mol. The third kappa shape index (κ3) is 5.55. The Morgan fingerprint density at radius 2 is 2.06 bits per heavy atom. The van der Waals surface area contributed by atoms with Crippen molar-refractivity contribution in [2.75, 3.05) is 12.8 Å². The molecule has 0 spiro atoms. The fraction of sp³-hybridized carbons (Fsp3) is 0.333. The first-order valence-electron chi connectivity index (χ1n) is 5.46. The Bertz CT molecular complexity index is 426. The highest BCUT2D eigenvalue weighted by molar-refractivity contribution is 9.10. The van der Waals surface area contributed by atoms with Crippen LogP contribution in [-0.4, -0.2) is 24.7 Å². The van der Waals surface area contributed by atoms with Gasteiger partial charge in [-0.05, 0) is 11.6 Å². The highest BCUT2D eigenvalue weighted by atomic mass is 79.9. The molecule has 1 aromatic carbocycles. The Kier molecular flexibility index (Phi) is 6.82. The SMILES string of the molecule is CNC(=O)NC(=O)CCSCc1ccccc1Br. The number of amides is 3. The van der Waals surface area contributed by atoms with Crippen LogP contribution >= 0.6 is 27.7 Å². The third-order valence-corrected chi connectivity index (χ3v) is 3.95. The van der Waals surface area contributed by atoms with E-state index in [1.807, 2.05) is 24.3 Å². The summed E-state index contributed by atoms with van der Waals surface area (Å²) >= 11 is 5.13. The predicted molar refractivity (Wildman–Crippen MR) is 77.5 cm³/mol. The van der Waals surface area contributed by atoms with Crippen LogP contribution in [0.2, 0.25) is 0 Å². The molecule has 0 saturated heterocycles. The number of urea groups is 1. The number of hydrogen-bond donors (Lipinski definition) is 2. The van der Waals surface area contributed by atoms with E-state index in [0.717, 1.165) is 10.2 Å². The molecular weight excluding hydrogens is 316 g/mol. The Morgan fingerprint density at radius 1 is 1.33 bits per heavy atom. The number of carbonyl (C=O) groups excluding carboxylic acids is 2. The summed E-state index contributed by atoms with van der Waals surface area (Å²) in [4.78, 5) is 22.2. The molecule has 0 atom stereocenters. The van der Waals surface area contributed by atoms with E-state index in [9.17, 15) is 9.59 Å². The van der Waals surface area contributed by atoms with Crippen molar-refractivity contribution >= 4 is 39.6 Å². The second-order valence-electron chi connectivity index (χ2n) is 3.52. The standard InChI is InChI=1S/C12H15BrN2O2S/c1-14-12(17)15-11(16)6-7-18-8-9-4-2-3-5-10(9)13/h2-5H,6-8H2,1H3,(H2,14,15,16,17). The minimum Gasteiger partial charge on any atom is -0.341 e. The average Bonchev–Trinajstić information content (AvgIpc) is 2.36. The van der Waals surface area contributed by atoms with E-state index in [2.05, 4.69) is 26.6 Å². The normalized spacial score (nSPS) is 9.89. The monoisotopic (exact) mass is 330 g/mol. The first-order chi connectivity index (χ1) is 8.63. The summed E-state index contributed by atoms with van der Waals surface area (Å²) in [6.07, 6.45) is 0.336. The van der Waals surface area contributed by atoms with E-state index >= 15 is 0 Å². The maximum atomic E-state index is 11.3. The molecule has 1 rings (SSSR count). The number of halogens is 1. The Morgan fingerprint density at radius 3 is 2.72 bits per heavy atom. The summed E-state index contributed by atoms with van der Waals surface area (Å²) in [5, 5.41) is 4.56. The lowest BCUT2D eigenvalue weighted by Crippen LogP contribution is -2.37. The minimum atomic E-state index is -0.462. The fourth-order valence-corrected chi connectivity index (χ4v) is 2.77. The zero-order valence-electron chi connectivity index (χ0n) is 10.0. The van der Waals surface area contributed by atoms with Gasteiger partial charge in [0, 0.05) is 29.4 Å². The first-order valence-corrected chi connectivity index (χ1v) is 7.41. The molecule has 1 aromatic rings. The van der Waals surface area contributed by atoms with Gasteiger partial charge in [-0.3, -0.25) is 10.1 Å². The van der Waals surface area contributed by atoms with Crippen molar-refractivity contribution in [3.05, 3.63) is 34.3 Å². The van der Waals surface area contributed by atoms with Crippen LogP contribution in [0.15, 0.2) is 28.7 Å². The second kappa shape index (κ2) is 8.16. The highest BCUT2D eigenvalue weighted by Gasteiger charge is 2.05. The van der Waals surface area contributed by atoms with Gasteiger partial charge >= 0.3 is 6.03 Å². The minimum absolute atomic E-state index is 0.256. The molecule has 2 N–H and O–H groups in total. The summed E-state index contributed by atoms with van der Waals surface area (Å²) in [7, 11) is 1.48. The summed E-state index contributed by atoms with van der Waals surface area (Å²) < 4.78 is 1.08. The Labute approximate surface area is 119 Å². The van der Waals surface area contributed by atoms with Crippen LogP contribution in [0.1, 0.15) is 12.0 Å². The molecule has 0 unspecified atom stereocenters. The summed E-state index contributed by atoms with van der Waals surface area (Å²) in [5.74, 6) is 1.27. The van der Waals surface area contributed by atoms with Crippen molar-refractivity contribution in [3.63, 3.8) is 0 Å². The molecule has 6 heteroatoms. The number of hydrogen-bond acceptors (Lipinski definition) is 3. The van der Waals surface area contributed by atoms with Gasteiger partial charge in [-0.2, -0.15) is 11.8 Å². The number of nitrogens with one attached hydrogen (secondary N) is 2. The van der Waals surface area contributed by atoms with Gasteiger partial charge in [0.15, 0.2) is 0 Å². The number of rotatable bonds is 5. The molecule has 0 saturated carbocycles. The van der Waals surface area contributed by atoms with Crippen LogP contribution in [0.5, 0.6) is 0 Å². The molecule has 0 radical (unpaired) electrons. The smallest absolute Gasteiger partial charge is 0.321 e. The van der Waals surface area contributed by atoms with E-state index in [0.29, 0.717) is 12.2 Å². The van der Waals surface area contributed by atoms with Gasteiger partial charge in [-0.25, -0.2) is 4.79 Å². The van der Waals surface area contributed by atoms with Crippen LogP contribution in [0.4, 0.5) is 4.79 Å². The quantitative estimate of drug-likeness (QED) is 0.815. The lowest BCUT2D eigenvalue weighted by atomic mass is 10.2. The largest absolute Gasteiger partial charge is 0.341 e. The molecule has 0 heterocycles. The van der Waals surface area contributed by atoms with E-state index in [1.54, 1.807) is 11.8 Å². The molecule has 98 valence electrons. The van der Waals surface area contributed by atoms with Crippen molar-refractivity contribution < 1.29 is 9.59 Å². The number of carbonyl (C=O) groups is 2. The van der Waals surface area contributed by atoms with Gasteiger partial charge in [0.2, 0.25) is 5.91 Å². The van der Waals surface area contributed by atoms with Gasteiger partial charge in [-0.1, -0.05) is 34.1 Å². The fourth-order valence-electron chi connectivity index (χ4n) is 1.21. The zero-order chi connectivity index (χ0) is 13.4. The molecule has 0 aliphatic carbocycles. The van der Waals surface area contributed by atoms with Crippen molar-refractivity contribution in [2.45, 2.75) is 12.2 Å². The van der Waals surface area contributed by atoms with E-state index in [1.165, 1.54) is 12.6 Å². The number of benzene rings is 1. The van der Waals surface area contributed by atoms with Crippen LogP contribution in [0.25, 0.3) is 0 Å². The molecule has 3 amide bonds. The first kappa shape index (κ1) is 15.0. The lowest BCUT2D eigenvalue weighted by Gasteiger charge is -2.05. The van der Waals surface area contributed by atoms with Crippen LogP contribution in [0.3, 0.4) is 0 Å². The highest BCUT2D eigenvalue weighted by Crippen LogP contribution is 2.21.